The van der Waals surface area contributed by atoms with E-state index in [9.17, 15) is 4.79 Å². The number of carboxylic acid groups (broad SMARTS) is 1. The maximum absolute atomic E-state index is 11.1. The largest absolute Gasteiger partial charge is 0.481 e. The molecule has 5 heteroatoms. The zero-order valence-corrected chi connectivity index (χ0v) is 9.30. The van der Waals surface area contributed by atoms with Gasteiger partial charge < -0.3 is 14.4 Å². The molecule has 1 saturated heterocycles. The van der Waals surface area contributed by atoms with Crippen LogP contribution in [0, 0.1) is 5.92 Å². The van der Waals surface area contributed by atoms with E-state index in [4.69, 9.17) is 9.84 Å². The highest BCUT2D eigenvalue weighted by Gasteiger charge is 2.34. The molecule has 2 unspecified atom stereocenters. The fraction of sp³-hybridized carbons (Fsp3) is 0.636. The number of aromatic nitrogens is 2. The second kappa shape index (κ2) is 4.65. The molecule has 88 valence electrons. The van der Waals surface area contributed by atoms with Crippen LogP contribution in [0.15, 0.2) is 12.5 Å². The third kappa shape index (κ3) is 1.95. The Kier molecular flexibility index (Phi) is 3.24. The second-order valence-corrected chi connectivity index (χ2v) is 3.98. The molecule has 0 saturated carbocycles. The maximum Gasteiger partial charge on any atom is 0.309 e. The molecule has 0 aliphatic carbocycles. The first-order valence-corrected chi connectivity index (χ1v) is 5.58. The molecular weight excluding hydrogens is 208 g/mol. The van der Waals surface area contributed by atoms with Gasteiger partial charge in [-0.3, -0.25) is 4.79 Å². The highest BCUT2D eigenvalue weighted by Crippen LogP contribution is 2.33. The minimum atomic E-state index is -0.784. The van der Waals surface area contributed by atoms with E-state index in [-0.39, 0.29) is 6.10 Å². The van der Waals surface area contributed by atoms with Crippen LogP contribution in [0.1, 0.15) is 31.6 Å². The van der Waals surface area contributed by atoms with Crippen molar-refractivity contribution >= 4 is 5.97 Å². The minimum absolute atomic E-state index is 0.353. The summed E-state index contributed by atoms with van der Waals surface area (Å²) in [5.41, 5.74) is 0.870. The van der Waals surface area contributed by atoms with Crippen molar-refractivity contribution in [2.45, 2.75) is 32.4 Å². The number of hydrogen-bond donors (Lipinski definition) is 1. The lowest BCUT2D eigenvalue weighted by Crippen LogP contribution is -2.30. The van der Waals surface area contributed by atoms with Crippen LogP contribution in [0.3, 0.4) is 0 Å². The number of imidazole rings is 1. The second-order valence-electron chi connectivity index (χ2n) is 3.98. The number of carbonyl (C=O) groups is 1. The molecule has 0 spiro atoms. The Hall–Kier alpha value is -1.36. The molecule has 5 nitrogen and oxygen atoms in total. The number of rotatable bonds is 3. The van der Waals surface area contributed by atoms with E-state index in [0.717, 1.165) is 18.7 Å². The van der Waals surface area contributed by atoms with Gasteiger partial charge in [0, 0.05) is 13.2 Å². The molecule has 0 amide bonds. The quantitative estimate of drug-likeness (QED) is 0.844. The Labute approximate surface area is 94.1 Å². The highest BCUT2D eigenvalue weighted by atomic mass is 16.5. The monoisotopic (exact) mass is 224 g/mol. The van der Waals surface area contributed by atoms with Crippen molar-refractivity contribution < 1.29 is 14.6 Å². The summed E-state index contributed by atoms with van der Waals surface area (Å²) in [4.78, 5) is 15.2. The van der Waals surface area contributed by atoms with Gasteiger partial charge in [0.1, 0.15) is 6.10 Å². The first-order chi connectivity index (χ1) is 7.74. The van der Waals surface area contributed by atoms with E-state index >= 15 is 0 Å². The van der Waals surface area contributed by atoms with Gasteiger partial charge >= 0.3 is 5.97 Å². The van der Waals surface area contributed by atoms with Crippen molar-refractivity contribution in [1.29, 1.82) is 0 Å². The lowest BCUT2D eigenvalue weighted by Gasteiger charge is -2.29. The van der Waals surface area contributed by atoms with Crippen molar-refractivity contribution in [3.05, 3.63) is 18.2 Å². The molecule has 1 aromatic rings. The SMILES string of the molecule is CCn1cncc1C1OCCCC1C(=O)O. The fourth-order valence-electron chi connectivity index (χ4n) is 2.16. The van der Waals surface area contributed by atoms with E-state index in [1.54, 1.807) is 12.5 Å². The van der Waals surface area contributed by atoms with Crippen LogP contribution in [-0.4, -0.2) is 27.2 Å². The molecule has 0 radical (unpaired) electrons. The predicted molar refractivity (Wildman–Crippen MR) is 57.0 cm³/mol. The summed E-state index contributed by atoms with van der Waals surface area (Å²) in [6, 6.07) is 0. The van der Waals surface area contributed by atoms with E-state index in [1.165, 1.54) is 0 Å². The van der Waals surface area contributed by atoms with E-state index in [0.29, 0.717) is 13.0 Å². The number of aliphatic carboxylic acids is 1. The van der Waals surface area contributed by atoms with Gasteiger partial charge in [-0.05, 0) is 19.8 Å². The van der Waals surface area contributed by atoms with E-state index in [2.05, 4.69) is 4.98 Å². The molecule has 2 heterocycles. The van der Waals surface area contributed by atoms with Crippen molar-refractivity contribution in [1.82, 2.24) is 9.55 Å². The molecule has 2 atom stereocenters. The molecule has 1 N–H and O–H groups in total. The number of carboxylic acids is 1. The Balaban J connectivity index is 2.26. The molecule has 0 aromatic carbocycles. The molecular formula is C11H16N2O3. The van der Waals surface area contributed by atoms with Crippen LogP contribution in [0.25, 0.3) is 0 Å². The number of hydrogen-bond acceptors (Lipinski definition) is 3. The molecule has 1 aliphatic heterocycles. The molecule has 0 bridgehead atoms. The molecule has 1 aliphatic rings. The van der Waals surface area contributed by atoms with Gasteiger partial charge in [-0.15, -0.1) is 0 Å². The Morgan fingerprint density at radius 1 is 1.75 bits per heavy atom. The van der Waals surface area contributed by atoms with Crippen LogP contribution in [0.5, 0.6) is 0 Å². The third-order valence-electron chi connectivity index (χ3n) is 3.02. The van der Waals surface area contributed by atoms with E-state index in [1.807, 2.05) is 11.5 Å². The van der Waals surface area contributed by atoms with Crippen LogP contribution in [-0.2, 0) is 16.1 Å². The van der Waals surface area contributed by atoms with Gasteiger partial charge in [-0.25, -0.2) is 4.98 Å². The summed E-state index contributed by atoms with van der Waals surface area (Å²) < 4.78 is 7.53. The smallest absolute Gasteiger partial charge is 0.309 e. The zero-order chi connectivity index (χ0) is 11.5. The molecule has 1 aromatic heterocycles. The van der Waals surface area contributed by atoms with Gasteiger partial charge in [0.05, 0.1) is 24.1 Å². The number of ether oxygens (including phenoxy) is 1. The molecule has 1 fully saturated rings. The highest BCUT2D eigenvalue weighted by molar-refractivity contribution is 5.71. The van der Waals surface area contributed by atoms with Gasteiger partial charge in [0.2, 0.25) is 0 Å². The topological polar surface area (TPSA) is 64.4 Å². The van der Waals surface area contributed by atoms with Crippen LogP contribution in [0.2, 0.25) is 0 Å². The average molecular weight is 224 g/mol. The average Bonchev–Trinajstić information content (AvgIpc) is 2.76. The standard InChI is InChI=1S/C11H16N2O3/c1-2-13-7-12-6-9(13)10-8(11(14)15)4-3-5-16-10/h6-8,10H,2-5H2,1H3,(H,14,15). The van der Waals surface area contributed by atoms with Crippen LogP contribution in [0.4, 0.5) is 0 Å². The van der Waals surface area contributed by atoms with Crippen LogP contribution < -0.4 is 0 Å². The van der Waals surface area contributed by atoms with Crippen molar-refractivity contribution in [2.75, 3.05) is 6.61 Å². The maximum atomic E-state index is 11.1. The first kappa shape index (κ1) is 11.1. The summed E-state index contributed by atoms with van der Waals surface area (Å²) in [5.74, 6) is -1.23. The van der Waals surface area contributed by atoms with Gasteiger partial charge in [-0.1, -0.05) is 0 Å². The predicted octanol–water partition coefficient (Wildman–Crippen LogP) is 1.46. The minimum Gasteiger partial charge on any atom is -0.481 e. The summed E-state index contributed by atoms with van der Waals surface area (Å²) >= 11 is 0. The Morgan fingerprint density at radius 2 is 2.56 bits per heavy atom. The van der Waals surface area contributed by atoms with E-state index < -0.39 is 11.9 Å². The number of aryl methyl sites for hydroxylation is 1. The van der Waals surface area contributed by atoms with Crippen molar-refractivity contribution in [3.8, 4) is 0 Å². The van der Waals surface area contributed by atoms with Crippen LogP contribution >= 0.6 is 0 Å². The summed E-state index contributed by atoms with van der Waals surface area (Å²) in [5, 5.41) is 9.16. The fourth-order valence-corrected chi connectivity index (χ4v) is 2.16. The molecule has 16 heavy (non-hydrogen) atoms. The summed E-state index contributed by atoms with van der Waals surface area (Å²) in [6.07, 6.45) is 4.55. The Bertz CT molecular complexity index is 375. The lowest BCUT2D eigenvalue weighted by atomic mass is 9.92. The van der Waals surface area contributed by atoms with Crippen molar-refractivity contribution in [3.63, 3.8) is 0 Å². The Morgan fingerprint density at radius 3 is 3.25 bits per heavy atom. The molecule has 2 rings (SSSR count). The van der Waals surface area contributed by atoms with Crippen molar-refractivity contribution in [2.24, 2.45) is 5.92 Å². The summed E-state index contributed by atoms with van der Waals surface area (Å²) in [6.45, 7) is 3.41. The van der Waals surface area contributed by atoms with Gasteiger partial charge in [0.25, 0.3) is 0 Å². The lowest BCUT2D eigenvalue weighted by molar-refractivity contribution is -0.152. The van der Waals surface area contributed by atoms with Gasteiger partial charge in [-0.2, -0.15) is 0 Å². The normalized spacial score (nSPS) is 25.6. The zero-order valence-electron chi connectivity index (χ0n) is 9.30. The van der Waals surface area contributed by atoms with Gasteiger partial charge in [0.15, 0.2) is 0 Å². The number of nitrogens with zero attached hydrogens (tertiary/aromatic N) is 2. The first-order valence-electron chi connectivity index (χ1n) is 5.58. The summed E-state index contributed by atoms with van der Waals surface area (Å²) in [7, 11) is 0. The third-order valence-corrected chi connectivity index (χ3v) is 3.02.